The van der Waals surface area contributed by atoms with Crippen molar-refractivity contribution in [1.82, 2.24) is 42.1 Å². The molecule has 2 rings (SSSR count). The van der Waals surface area contributed by atoms with Crippen LogP contribution in [0.1, 0.15) is 93.5 Å². The Morgan fingerprint density at radius 3 is 2.01 bits per heavy atom. The van der Waals surface area contributed by atoms with Crippen molar-refractivity contribution in [3.63, 3.8) is 0 Å². The molecule has 0 aromatic heterocycles. The predicted molar refractivity (Wildman–Crippen MR) is 278 cm³/mol. The summed E-state index contributed by atoms with van der Waals surface area (Å²) in [6.07, 6.45) is 2.17. The number of nitrogens with one attached hydrogen (secondary N) is 7. The normalized spacial score (nSPS) is 16.0. The number of hydrogen-bond acceptors (Lipinski definition) is 17. The number of guanidine groups is 1. The minimum atomic E-state index is -1.58. The topological polar surface area (TPSA) is 519 Å². The summed E-state index contributed by atoms with van der Waals surface area (Å²) in [5, 5.41) is 37.5. The van der Waals surface area contributed by atoms with Crippen LogP contribution in [0.4, 0.5) is 0 Å². The molecule has 1 heterocycles. The van der Waals surface area contributed by atoms with E-state index in [4.69, 9.17) is 45.9 Å². The molecule has 424 valence electrons. The van der Waals surface area contributed by atoms with E-state index in [0.29, 0.717) is 38.6 Å². The van der Waals surface area contributed by atoms with E-state index in [1.165, 1.54) is 36.1 Å². The van der Waals surface area contributed by atoms with Gasteiger partial charge >= 0.3 is 5.97 Å². The third-order valence-corrected chi connectivity index (χ3v) is 12.0. The van der Waals surface area contributed by atoms with Crippen LogP contribution in [0.2, 0.25) is 0 Å². The number of benzene rings is 1. The maximum atomic E-state index is 14.3. The highest BCUT2D eigenvalue weighted by Crippen LogP contribution is 2.21. The van der Waals surface area contributed by atoms with Gasteiger partial charge in [-0.3, -0.25) is 48.1 Å². The van der Waals surface area contributed by atoms with Crippen LogP contribution < -0.4 is 83.1 Å². The van der Waals surface area contributed by atoms with Crippen molar-refractivity contribution < 1.29 is 58.2 Å². The van der Waals surface area contributed by atoms with Gasteiger partial charge < -0.3 is 98.2 Å². The van der Waals surface area contributed by atoms with Crippen molar-refractivity contribution in [3.8, 4) is 0 Å². The number of nitrogens with zero attached hydrogens (tertiary/aromatic N) is 2. The molecule has 0 saturated carbocycles. The Hall–Kier alpha value is -7.31. The zero-order valence-corrected chi connectivity index (χ0v) is 42.9. The van der Waals surface area contributed by atoms with E-state index in [9.17, 15) is 58.2 Å². The first-order valence-electron chi connectivity index (χ1n) is 25.1. The van der Waals surface area contributed by atoms with E-state index in [1.54, 1.807) is 6.07 Å². The Bertz CT molecular complexity index is 2210. The largest absolute Gasteiger partial charge is 0.477 e. The quantitative estimate of drug-likeness (QED) is 0.0130. The number of carbonyl (C=O) groups excluding carboxylic acids is 9. The fourth-order valence-corrected chi connectivity index (χ4v) is 7.87. The van der Waals surface area contributed by atoms with Crippen LogP contribution in [0.15, 0.2) is 41.0 Å². The van der Waals surface area contributed by atoms with Gasteiger partial charge in [0, 0.05) is 31.6 Å². The summed E-state index contributed by atoms with van der Waals surface area (Å²) in [4.78, 5) is 138. The van der Waals surface area contributed by atoms with Crippen LogP contribution >= 0.6 is 0 Å². The zero-order valence-electron chi connectivity index (χ0n) is 42.9. The standard InChI is InChI=1S/C47H79N17O12/c1-26(58-44(73)37(35(65)24-51)63-40(69)29(52)13-4-6-18-48)39(68)57-25-36(66)59-31(15-8-20-50)45(74)64-22-10-17-34(64)43(72)62-33(23-27-11-2-3-12-28(27)38(53)67)42(71)60-30(14-5-7-19-49)41(70)61-32(46(75)76)16-9-21-56-47(54)55/h2-3,11-12,16,26,29-31,33-35,37,65H,4-10,13-15,17-25,48-52H2,1H3,(H2,53,67)(H,57,68)(H,58,73)(H,59,66)(H,60,71)(H,61,70)(H,62,72)(H,63,69)(H,75,76)(H4,54,55,56)/b32-16-/t26-,29-,30-,31+,33-,34-,35-,37-/m0/s1. The minimum Gasteiger partial charge on any atom is -0.477 e. The number of likely N-dealkylation sites (tertiary alicyclic amines) is 1. The number of carbonyl (C=O) groups is 10. The van der Waals surface area contributed by atoms with Crippen molar-refractivity contribution >= 4 is 65.1 Å². The van der Waals surface area contributed by atoms with Crippen LogP contribution in [0, 0.1) is 0 Å². The molecule has 0 spiro atoms. The Morgan fingerprint density at radius 2 is 1.39 bits per heavy atom. The Balaban J connectivity index is 2.31. The number of aliphatic hydroxyl groups is 1. The molecule has 76 heavy (non-hydrogen) atoms. The van der Waals surface area contributed by atoms with Gasteiger partial charge in [-0.1, -0.05) is 30.7 Å². The molecule has 9 amide bonds. The number of carboxylic acids is 1. The molecule has 1 aliphatic heterocycles. The van der Waals surface area contributed by atoms with Crippen molar-refractivity contribution in [2.75, 3.05) is 45.8 Å². The summed E-state index contributed by atoms with van der Waals surface area (Å²) in [6.45, 7) is 0.979. The van der Waals surface area contributed by atoms with Crippen LogP contribution in [0.25, 0.3) is 0 Å². The van der Waals surface area contributed by atoms with Crippen molar-refractivity contribution in [3.05, 3.63) is 47.2 Å². The number of unbranched alkanes of at least 4 members (excludes halogenated alkanes) is 2. The SMILES string of the molecule is C[C@H](NC(=O)[C@@H](NC(=O)[C@@H](N)CCCCN)[C@@H](O)CN)C(=O)NCC(=O)N[C@H](CCCN)C(=O)N1CCC[C@H]1C(=O)N[C@@H](Cc1ccccc1C(N)=O)C(=O)N[C@@H](CCCCN)C(=O)N/C(=C\CCN=C(N)N)C(=O)O. The number of aliphatic carboxylic acids is 1. The molecular formula is C47H79N17O12. The molecule has 8 atom stereocenters. The first kappa shape index (κ1) is 64.8. The van der Waals surface area contributed by atoms with Gasteiger partial charge in [0.25, 0.3) is 0 Å². The third kappa shape index (κ3) is 22.3. The lowest BCUT2D eigenvalue weighted by atomic mass is 9.98. The van der Waals surface area contributed by atoms with Crippen LogP contribution in [0.5, 0.6) is 0 Å². The molecule has 0 unspecified atom stereocenters. The summed E-state index contributed by atoms with van der Waals surface area (Å²) in [5.74, 6) is -9.25. The highest BCUT2D eigenvalue weighted by Gasteiger charge is 2.40. The maximum absolute atomic E-state index is 14.3. The van der Waals surface area contributed by atoms with Gasteiger partial charge in [0.2, 0.25) is 53.2 Å². The zero-order chi connectivity index (χ0) is 56.9. The van der Waals surface area contributed by atoms with E-state index in [2.05, 4.69) is 42.2 Å². The van der Waals surface area contributed by atoms with Gasteiger partial charge in [-0.05, 0) is 102 Å². The maximum Gasteiger partial charge on any atom is 0.352 e. The van der Waals surface area contributed by atoms with E-state index < -0.39 is 126 Å². The van der Waals surface area contributed by atoms with Crippen LogP contribution in [-0.2, 0) is 49.6 Å². The molecular weight excluding hydrogens is 995 g/mol. The molecule has 1 aromatic carbocycles. The Morgan fingerprint density at radius 1 is 0.750 bits per heavy atom. The van der Waals surface area contributed by atoms with Crippen LogP contribution in [0.3, 0.4) is 0 Å². The predicted octanol–water partition coefficient (Wildman–Crippen LogP) is -6.73. The molecule has 29 nitrogen and oxygen atoms in total. The average Bonchev–Trinajstić information content (AvgIpc) is 3.88. The summed E-state index contributed by atoms with van der Waals surface area (Å²) >= 11 is 0. The molecule has 0 aliphatic carbocycles. The molecule has 29 heteroatoms. The average molecular weight is 1070 g/mol. The van der Waals surface area contributed by atoms with Crippen molar-refractivity contribution in [2.45, 2.75) is 132 Å². The lowest BCUT2D eigenvalue weighted by molar-refractivity contribution is -0.142. The van der Waals surface area contributed by atoms with Crippen LogP contribution in [-0.4, -0.2) is 174 Å². The van der Waals surface area contributed by atoms with E-state index in [0.717, 1.165) is 0 Å². The number of carboxylic acid groups (broad SMARTS) is 1. The minimum absolute atomic E-state index is 0.0111. The van der Waals surface area contributed by atoms with Gasteiger partial charge in [0.1, 0.15) is 41.9 Å². The van der Waals surface area contributed by atoms with Gasteiger partial charge in [0.05, 0.1) is 18.7 Å². The highest BCUT2D eigenvalue weighted by molar-refractivity contribution is 5.99. The second-order valence-corrected chi connectivity index (χ2v) is 18.0. The number of amides is 9. The second-order valence-electron chi connectivity index (χ2n) is 18.0. The van der Waals surface area contributed by atoms with E-state index >= 15 is 0 Å². The number of nitrogens with two attached hydrogens (primary N) is 8. The number of primary amides is 1. The molecule has 0 radical (unpaired) electrons. The molecule has 1 saturated heterocycles. The second kappa shape index (κ2) is 34.3. The third-order valence-electron chi connectivity index (χ3n) is 12.0. The smallest absolute Gasteiger partial charge is 0.352 e. The lowest BCUT2D eigenvalue weighted by Gasteiger charge is -2.30. The summed E-state index contributed by atoms with van der Waals surface area (Å²) < 4.78 is 0. The lowest BCUT2D eigenvalue weighted by Crippen LogP contribution is -2.60. The van der Waals surface area contributed by atoms with Gasteiger partial charge in [0.15, 0.2) is 5.96 Å². The number of hydrogen-bond donors (Lipinski definition) is 17. The Labute approximate surface area is 440 Å². The summed E-state index contributed by atoms with van der Waals surface area (Å²) in [7, 11) is 0. The molecule has 1 fully saturated rings. The van der Waals surface area contributed by atoms with Gasteiger partial charge in [-0.2, -0.15) is 0 Å². The molecule has 1 aromatic rings. The number of aliphatic imine (C=N–C) groups is 1. The van der Waals surface area contributed by atoms with E-state index in [-0.39, 0.29) is 88.2 Å². The first-order chi connectivity index (χ1) is 36.1. The Kier molecular flexibility index (Phi) is 29.2. The van der Waals surface area contributed by atoms with Gasteiger partial charge in [-0.15, -0.1) is 0 Å². The first-order valence-corrected chi connectivity index (χ1v) is 25.1. The molecule has 25 N–H and O–H groups in total. The van der Waals surface area contributed by atoms with Crippen molar-refractivity contribution in [1.29, 1.82) is 0 Å². The molecule has 1 aliphatic rings. The fraction of sp³-hybridized carbons (Fsp3) is 0.596. The monoisotopic (exact) mass is 1070 g/mol. The van der Waals surface area contributed by atoms with Gasteiger partial charge in [-0.25, -0.2) is 4.79 Å². The highest BCUT2D eigenvalue weighted by atomic mass is 16.4. The number of aliphatic hydroxyl groups excluding tert-OH is 1. The summed E-state index contributed by atoms with van der Waals surface area (Å²) in [6, 6.07) is -3.19. The molecule has 0 bridgehead atoms. The number of rotatable bonds is 35. The fourth-order valence-electron chi connectivity index (χ4n) is 7.87. The summed E-state index contributed by atoms with van der Waals surface area (Å²) in [5.41, 5.74) is 44.5. The van der Waals surface area contributed by atoms with Crippen molar-refractivity contribution in [2.24, 2.45) is 50.9 Å². The van der Waals surface area contributed by atoms with E-state index in [1.807, 2.05) is 0 Å².